The second-order valence-corrected chi connectivity index (χ2v) is 14.8. The number of esters is 2. The fourth-order valence-corrected chi connectivity index (χ4v) is 7.74. The van der Waals surface area contributed by atoms with Crippen LogP contribution in [0.2, 0.25) is 0 Å². The Morgan fingerprint density at radius 2 is 0.969 bits per heavy atom. The standard InChI is InChI=1S/C44H34O20/c45-19-11-26(51)34-32(12-19)61-40(16-2-4-22(47)25(50)6-16)42(64-44(60)18-9-30(55)38(58)31(56)10-18)36(34)35-27(52)14-23(48)20-13-33(62-43(59)17-7-28(53)37(57)29(54)8-17)39(63-41(20)35)15-1-3-21(46)24(49)5-15/h1-12,14,33,36,39-40,42,45-58H,13H2/t33-,36?,39-,40-,42-/m1/s1. The van der Waals surface area contributed by atoms with Crippen molar-refractivity contribution in [1.29, 1.82) is 0 Å². The minimum absolute atomic E-state index is 0.0106. The van der Waals surface area contributed by atoms with Crippen LogP contribution >= 0.6 is 0 Å². The summed E-state index contributed by atoms with van der Waals surface area (Å²) in [6, 6.07) is 12.6. The van der Waals surface area contributed by atoms with Crippen LogP contribution in [0.1, 0.15) is 66.7 Å². The van der Waals surface area contributed by atoms with Gasteiger partial charge in [-0.3, -0.25) is 0 Å². The van der Waals surface area contributed by atoms with E-state index in [9.17, 15) is 81.1 Å². The van der Waals surface area contributed by atoms with Crippen LogP contribution in [0.3, 0.4) is 0 Å². The Labute approximate surface area is 358 Å². The quantitative estimate of drug-likeness (QED) is 0.0744. The third-order valence-corrected chi connectivity index (χ3v) is 10.7. The molecule has 0 aromatic heterocycles. The van der Waals surface area contributed by atoms with Gasteiger partial charge in [-0.05, 0) is 48.5 Å². The van der Waals surface area contributed by atoms with Gasteiger partial charge in [0.25, 0.3) is 0 Å². The molecule has 2 heterocycles. The van der Waals surface area contributed by atoms with Crippen LogP contribution in [0.15, 0.2) is 78.9 Å². The van der Waals surface area contributed by atoms with Gasteiger partial charge in [0.05, 0.1) is 17.0 Å². The molecule has 0 aliphatic carbocycles. The Bertz CT molecular complexity index is 2860. The number of fused-ring (bicyclic) bond motifs is 2. The van der Waals surface area contributed by atoms with Crippen LogP contribution in [-0.4, -0.2) is 95.6 Å². The molecule has 0 saturated carbocycles. The first kappa shape index (κ1) is 41.8. The number of phenolic OH excluding ortho intramolecular Hbond substituents is 14. The van der Waals surface area contributed by atoms with Gasteiger partial charge in [-0.2, -0.15) is 0 Å². The van der Waals surface area contributed by atoms with Crippen molar-refractivity contribution in [2.75, 3.05) is 0 Å². The highest BCUT2D eigenvalue weighted by atomic mass is 16.6. The van der Waals surface area contributed by atoms with Gasteiger partial charge in [0.15, 0.2) is 75.8 Å². The van der Waals surface area contributed by atoms with Gasteiger partial charge in [-0.15, -0.1) is 0 Å². The maximum Gasteiger partial charge on any atom is 0.338 e. The first-order valence-corrected chi connectivity index (χ1v) is 18.7. The van der Waals surface area contributed by atoms with Crippen molar-refractivity contribution in [2.45, 2.75) is 36.8 Å². The SMILES string of the molecule is O=C(O[C@@H]1C(c2c(O)cc(O)c3c2O[C@H](c2ccc(O)c(O)c2)[C@H](OC(=O)c2cc(O)c(O)c(O)c2)C3)c2c(O)cc(O)cc2O[C@@H]1c1ccc(O)c(O)c1)c1cc(O)c(O)c(O)c1. The molecule has 0 fully saturated rings. The molecule has 2 aliphatic rings. The van der Waals surface area contributed by atoms with E-state index in [4.69, 9.17) is 18.9 Å². The lowest BCUT2D eigenvalue weighted by Crippen LogP contribution is -2.40. The summed E-state index contributed by atoms with van der Waals surface area (Å²) in [6.45, 7) is 0. The number of carbonyl (C=O) groups excluding carboxylic acids is 2. The molecular formula is C44H34O20. The third-order valence-electron chi connectivity index (χ3n) is 10.7. The smallest absolute Gasteiger partial charge is 0.338 e. The van der Waals surface area contributed by atoms with Gasteiger partial charge in [-0.1, -0.05) is 12.1 Å². The highest BCUT2D eigenvalue weighted by molar-refractivity contribution is 5.92. The number of benzene rings is 6. The fraction of sp³-hybridized carbons (Fsp3) is 0.136. The van der Waals surface area contributed by atoms with E-state index >= 15 is 0 Å². The van der Waals surface area contributed by atoms with E-state index in [2.05, 4.69) is 0 Å². The predicted octanol–water partition coefficient (Wildman–Crippen LogP) is 4.96. The van der Waals surface area contributed by atoms with E-state index in [0.717, 1.165) is 66.7 Å². The van der Waals surface area contributed by atoms with E-state index in [1.807, 2.05) is 0 Å². The molecule has 0 saturated heterocycles. The van der Waals surface area contributed by atoms with E-state index in [1.54, 1.807) is 0 Å². The molecule has 6 aromatic carbocycles. The van der Waals surface area contributed by atoms with Gasteiger partial charge in [0.2, 0.25) is 0 Å². The summed E-state index contributed by atoms with van der Waals surface area (Å²) in [4.78, 5) is 27.6. The Morgan fingerprint density at radius 1 is 0.469 bits per heavy atom. The molecule has 0 radical (unpaired) electrons. The first-order chi connectivity index (χ1) is 30.3. The zero-order valence-corrected chi connectivity index (χ0v) is 32.3. The van der Waals surface area contributed by atoms with Crippen LogP contribution in [0, 0.1) is 0 Å². The Morgan fingerprint density at radius 3 is 1.50 bits per heavy atom. The zero-order valence-electron chi connectivity index (χ0n) is 32.3. The zero-order chi connectivity index (χ0) is 46.0. The minimum atomic E-state index is -1.85. The predicted molar refractivity (Wildman–Crippen MR) is 213 cm³/mol. The topological polar surface area (TPSA) is 354 Å². The summed E-state index contributed by atoms with van der Waals surface area (Å²) in [7, 11) is 0. The summed E-state index contributed by atoms with van der Waals surface area (Å²) in [6.07, 6.45) is -6.98. The fourth-order valence-electron chi connectivity index (χ4n) is 7.74. The van der Waals surface area contributed by atoms with Crippen LogP contribution < -0.4 is 9.47 Å². The van der Waals surface area contributed by atoms with Crippen molar-refractivity contribution in [3.63, 3.8) is 0 Å². The van der Waals surface area contributed by atoms with Gasteiger partial charge in [0, 0.05) is 52.4 Å². The third kappa shape index (κ3) is 7.23. The normalized spacial score (nSPS) is 18.7. The summed E-state index contributed by atoms with van der Waals surface area (Å²) >= 11 is 0. The number of phenols is 14. The highest BCUT2D eigenvalue weighted by Crippen LogP contribution is 2.58. The molecule has 8 rings (SSSR count). The Hall–Kier alpha value is -8.94. The molecule has 2 aliphatic heterocycles. The highest BCUT2D eigenvalue weighted by Gasteiger charge is 2.49. The maximum absolute atomic E-state index is 14.1. The van der Waals surface area contributed by atoms with Gasteiger partial charge in [0.1, 0.15) is 40.6 Å². The molecule has 6 aromatic rings. The molecule has 20 heteroatoms. The molecule has 0 bridgehead atoms. The molecule has 1 unspecified atom stereocenters. The molecule has 20 nitrogen and oxygen atoms in total. The number of rotatable bonds is 7. The minimum Gasteiger partial charge on any atom is -0.508 e. The van der Waals surface area contributed by atoms with Crippen molar-refractivity contribution >= 4 is 11.9 Å². The maximum atomic E-state index is 14.1. The lowest BCUT2D eigenvalue weighted by molar-refractivity contribution is -0.0303. The van der Waals surface area contributed by atoms with E-state index in [0.29, 0.717) is 0 Å². The van der Waals surface area contributed by atoms with Crippen molar-refractivity contribution in [3.8, 4) is 92.0 Å². The Balaban J connectivity index is 1.34. The van der Waals surface area contributed by atoms with Gasteiger partial charge < -0.3 is 90.4 Å². The van der Waals surface area contributed by atoms with Crippen molar-refractivity contribution < 1.29 is 100 Å². The number of carbonyl (C=O) groups is 2. The average molecular weight is 883 g/mol. The van der Waals surface area contributed by atoms with Crippen LogP contribution in [0.4, 0.5) is 0 Å². The average Bonchev–Trinajstić information content (AvgIpc) is 3.23. The molecule has 5 atom stereocenters. The van der Waals surface area contributed by atoms with E-state index < -0.39 is 146 Å². The summed E-state index contributed by atoms with van der Waals surface area (Å²) in [5.74, 6) is -15.6. The second kappa shape index (κ2) is 15.5. The molecule has 0 spiro atoms. The number of hydrogen-bond acceptors (Lipinski definition) is 20. The lowest BCUT2D eigenvalue weighted by atomic mass is 9.77. The summed E-state index contributed by atoms with van der Waals surface area (Å²) in [5.41, 5.74) is -1.85. The molecule has 0 amide bonds. The van der Waals surface area contributed by atoms with Crippen molar-refractivity contribution in [2.24, 2.45) is 0 Å². The summed E-state index contributed by atoms with van der Waals surface area (Å²) < 4.78 is 24.6. The van der Waals surface area contributed by atoms with Gasteiger partial charge >= 0.3 is 11.9 Å². The first-order valence-electron chi connectivity index (χ1n) is 18.7. The van der Waals surface area contributed by atoms with Gasteiger partial charge in [-0.25, -0.2) is 9.59 Å². The largest absolute Gasteiger partial charge is 0.508 e. The van der Waals surface area contributed by atoms with Crippen LogP contribution in [0.25, 0.3) is 0 Å². The van der Waals surface area contributed by atoms with Crippen molar-refractivity contribution in [1.82, 2.24) is 0 Å². The Kier molecular flexibility index (Phi) is 10.1. The molecule has 330 valence electrons. The monoisotopic (exact) mass is 882 g/mol. The lowest BCUT2D eigenvalue weighted by Gasteiger charge is -2.42. The number of aromatic hydroxyl groups is 14. The second-order valence-electron chi connectivity index (χ2n) is 14.8. The van der Waals surface area contributed by atoms with Crippen molar-refractivity contribution in [3.05, 3.63) is 118 Å². The molecule has 14 N–H and O–H groups in total. The summed E-state index contributed by atoms with van der Waals surface area (Å²) in [5, 5.41) is 147. The van der Waals surface area contributed by atoms with E-state index in [-0.39, 0.29) is 33.6 Å². The number of hydrogen-bond donors (Lipinski definition) is 14. The number of ether oxygens (including phenoxy) is 4. The van der Waals surface area contributed by atoms with Crippen LogP contribution in [0.5, 0.6) is 92.0 Å². The molecule has 64 heavy (non-hydrogen) atoms. The molecular weight excluding hydrogens is 848 g/mol. The van der Waals surface area contributed by atoms with Crippen LogP contribution in [-0.2, 0) is 15.9 Å². The van der Waals surface area contributed by atoms with E-state index in [1.165, 1.54) is 12.1 Å².